The first-order chi connectivity index (χ1) is 15.1. The Balaban J connectivity index is 1.57. The van der Waals surface area contributed by atoms with Crippen molar-refractivity contribution >= 4 is 11.8 Å². The first-order valence-corrected chi connectivity index (χ1v) is 11.0. The van der Waals surface area contributed by atoms with E-state index in [0.717, 1.165) is 36.8 Å². The topological polar surface area (TPSA) is 58.6 Å². The van der Waals surface area contributed by atoms with E-state index in [2.05, 4.69) is 5.32 Å². The highest BCUT2D eigenvalue weighted by Gasteiger charge is 2.37. The summed E-state index contributed by atoms with van der Waals surface area (Å²) in [7, 11) is 0. The van der Waals surface area contributed by atoms with Crippen LogP contribution in [-0.4, -0.2) is 43.0 Å². The van der Waals surface area contributed by atoms with Crippen molar-refractivity contribution in [2.75, 3.05) is 26.3 Å². The number of rotatable bonds is 6. The molecule has 2 aromatic rings. The summed E-state index contributed by atoms with van der Waals surface area (Å²) >= 11 is 0. The summed E-state index contributed by atoms with van der Waals surface area (Å²) in [6, 6.07) is 15.4. The minimum absolute atomic E-state index is 0.0227. The predicted molar refractivity (Wildman–Crippen MR) is 116 cm³/mol. The molecule has 1 unspecified atom stereocenters. The van der Waals surface area contributed by atoms with Gasteiger partial charge in [0.1, 0.15) is 11.9 Å². The van der Waals surface area contributed by atoms with Gasteiger partial charge in [0.15, 0.2) is 0 Å². The molecule has 164 valence electrons. The minimum atomic E-state index is -0.640. The molecule has 2 aliphatic rings. The Labute approximate surface area is 182 Å². The molecule has 2 fully saturated rings. The summed E-state index contributed by atoms with van der Waals surface area (Å²) < 4.78 is 19.1. The van der Waals surface area contributed by atoms with Crippen molar-refractivity contribution in [1.82, 2.24) is 10.2 Å². The Morgan fingerprint density at radius 1 is 1.06 bits per heavy atom. The van der Waals surface area contributed by atoms with Gasteiger partial charge in [0.05, 0.1) is 0 Å². The number of halogens is 1. The van der Waals surface area contributed by atoms with E-state index in [4.69, 9.17) is 4.74 Å². The zero-order chi connectivity index (χ0) is 21.7. The zero-order valence-corrected chi connectivity index (χ0v) is 17.7. The molecule has 2 heterocycles. The molecular formula is C25H29FN2O3. The van der Waals surface area contributed by atoms with Crippen molar-refractivity contribution in [1.29, 1.82) is 0 Å². The van der Waals surface area contributed by atoms with E-state index >= 15 is 0 Å². The van der Waals surface area contributed by atoms with Gasteiger partial charge in [-0.2, -0.15) is 0 Å². The number of likely N-dealkylation sites (tertiary alicyclic amines) is 1. The van der Waals surface area contributed by atoms with E-state index in [9.17, 15) is 14.0 Å². The van der Waals surface area contributed by atoms with E-state index in [-0.39, 0.29) is 23.0 Å². The van der Waals surface area contributed by atoms with Crippen molar-refractivity contribution in [3.8, 4) is 0 Å². The van der Waals surface area contributed by atoms with Crippen LogP contribution in [0, 0.1) is 5.82 Å². The van der Waals surface area contributed by atoms with Crippen molar-refractivity contribution in [2.24, 2.45) is 0 Å². The average molecular weight is 425 g/mol. The molecule has 0 spiro atoms. The van der Waals surface area contributed by atoms with Crippen molar-refractivity contribution < 1.29 is 18.7 Å². The fraction of sp³-hybridized carbons (Fsp3) is 0.440. The average Bonchev–Trinajstić information content (AvgIpc) is 2.81. The SMILES string of the molecule is O=C(NCC1(c2ccc(F)cc2)CCOCC1)C(c1ccccc1)N1CCCCC1=O. The highest BCUT2D eigenvalue weighted by molar-refractivity contribution is 5.89. The minimum Gasteiger partial charge on any atom is -0.381 e. The Kier molecular flexibility index (Phi) is 6.66. The molecule has 1 atom stereocenters. The molecule has 0 aliphatic carbocycles. The molecule has 2 amide bonds. The second kappa shape index (κ2) is 9.60. The van der Waals surface area contributed by atoms with Crippen molar-refractivity contribution in [3.05, 3.63) is 71.5 Å². The van der Waals surface area contributed by atoms with E-state index in [0.29, 0.717) is 32.7 Å². The summed E-state index contributed by atoms with van der Waals surface area (Å²) in [4.78, 5) is 27.8. The molecule has 6 heteroatoms. The zero-order valence-electron chi connectivity index (χ0n) is 17.7. The number of hydrogen-bond donors (Lipinski definition) is 1. The molecule has 0 saturated carbocycles. The van der Waals surface area contributed by atoms with Gasteiger partial charge in [-0.3, -0.25) is 9.59 Å². The van der Waals surface area contributed by atoms with E-state index in [1.54, 1.807) is 17.0 Å². The van der Waals surface area contributed by atoms with Gasteiger partial charge in [0.2, 0.25) is 11.8 Å². The third-order valence-electron chi connectivity index (χ3n) is 6.54. The molecular weight excluding hydrogens is 395 g/mol. The Hall–Kier alpha value is -2.73. The van der Waals surface area contributed by atoms with Gasteiger partial charge < -0.3 is 15.0 Å². The second-order valence-electron chi connectivity index (χ2n) is 8.47. The molecule has 31 heavy (non-hydrogen) atoms. The number of benzene rings is 2. The van der Waals surface area contributed by atoms with Gasteiger partial charge in [-0.15, -0.1) is 0 Å². The molecule has 0 bridgehead atoms. The molecule has 1 N–H and O–H groups in total. The summed E-state index contributed by atoms with van der Waals surface area (Å²) in [6.45, 7) is 2.20. The lowest BCUT2D eigenvalue weighted by Gasteiger charge is -2.39. The van der Waals surface area contributed by atoms with Crippen molar-refractivity contribution in [3.63, 3.8) is 0 Å². The number of carbonyl (C=O) groups is 2. The van der Waals surface area contributed by atoms with Crippen LogP contribution in [0.25, 0.3) is 0 Å². The number of carbonyl (C=O) groups excluding carboxylic acids is 2. The van der Waals surface area contributed by atoms with Crippen LogP contribution in [-0.2, 0) is 19.7 Å². The van der Waals surface area contributed by atoms with Crippen LogP contribution in [0.15, 0.2) is 54.6 Å². The smallest absolute Gasteiger partial charge is 0.247 e. The Morgan fingerprint density at radius 3 is 2.45 bits per heavy atom. The molecule has 4 rings (SSSR count). The summed E-state index contributed by atoms with van der Waals surface area (Å²) in [5, 5.41) is 3.14. The monoisotopic (exact) mass is 424 g/mol. The number of nitrogens with zero attached hydrogens (tertiary/aromatic N) is 1. The lowest BCUT2D eigenvalue weighted by molar-refractivity contribution is -0.143. The van der Waals surface area contributed by atoms with E-state index in [1.165, 1.54) is 12.1 Å². The van der Waals surface area contributed by atoms with E-state index in [1.807, 2.05) is 30.3 Å². The summed E-state index contributed by atoms with van der Waals surface area (Å²) in [5.41, 5.74) is 1.51. The molecule has 5 nitrogen and oxygen atoms in total. The van der Waals surface area contributed by atoms with Gasteiger partial charge in [-0.1, -0.05) is 42.5 Å². The normalized spacial score (nSPS) is 19.6. The third-order valence-corrected chi connectivity index (χ3v) is 6.54. The Bertz CT molecular complexity index is 895. The fourth-order valence-electron chi connectivity index (χ4n) is 4.69. The van der Waals surface area contributed by atoms with Gasteiger partial charge in [0, 0.05) is 38.1 Å². The quantitative estimate of drug-likeness (QED) is 0.769. The Morgan fingerprint density at radius 2 is 1.77 bits per heavy atom. The van der Waals surface area contributed by atoms with Crippen LogP contribution in [0.1, 0.15) is 49.3 Å². The molecule has 0 aromatic heterocycles. The van der Waals surface area contributed by atoms with Crippen LogP contribution < -0.4 is 5.32 Å². The number of piperidine rings is 1. The van der Waals surface area contributed by atoms with Gasteiger partial charge in [0.25, 0.3) is 0 Å². The van der Waals surface area contributed by atoms with Crippen LogP contribution in [0.5, 0.6) is 0 Å². The molecule has 2 aromatic carbocycles. The maximum atomic E-state index is 13.5. The third kappa shape index (κ3) is 4.79. The first-order valence-electron chi connectivity index (χ1n) is 11.0. The highest BCUT2D eigenvalue weighted by atomic mass is 19.1. The van der Waals surface area contributed by atoms with Gasteiger partial charge >= 0.3 is 0 Å². The highest BCUT2D eigenvalue weighted by Crippen LogP contribution is 2.35. The molecule has 2 aliphatic heterocycles. The maximum Gasteiger partial charge on any atom is 0.247 e. The van der Waals surface area contributed by atoms with Crippen LogP contribution in [0.2, 0.25) is 0 Å². The van der Waals surface area contributed by atoms with Crippen molar-refractivity contribution in [2.45, 2.75) is 43.6 Å². The molecule has 2 saturated heterocycles. The summed E-state index contributed by atoms with van der Waals surface area (Å²) in [5.74, 6) is -0.424. The van der Waals surface area contributed by atoms with Crippen LogP contribution in [0.3, 0.4) is 0 Å². The van der Waals surface area contributed by atoms with Gasteiger partial charge in [-0.25, -0.2) is 4.39 Å². The largest absolute Gasteiger partial charge is 0.381 e. The van der Waals surface area contributed by atoms with Crippen LogP contribution >= 0.6 is 0 Å². The predicted octanol–water partition coefficient (Wildman–Crippen LogP) is 3.74. The number of amides is 2. The number of ether oxygens (including phenoxy) is 1. The van der Waals surface area contributed by atoms with E-state index < -0.39 is 6.04 Å². The lowest BCUT2D eigenvalue weighted by atomic mass is 9.74. The molecule has 0 radical (unpaired) electrons. The fourth-order valence-corrected chi connectivity index (χ4v) is 4.69. The standard InChI is InChI=1S/C25H29FN2O3/c26-21-11-9-20(10-12-21)25(13-16-31-17-14-25)18-27-24(30)23(19-6-2-1-3-7-19)28-15-5-4-8-22(28)29/h1-3,6-7,9-12,23H,4-5,8,13-18H2,(H,27,30). The first kappa shape index (κ1) is 21.5. The van der Waals surface area contributed by atoms with Crippen LogP contribution in [0.4, 0.5) is 4.39 Å². The lowest BCUT2D eigenvalue weighted by Crippen LogP contribution is -2.50. The number of hydrogen-bond acceptors (Lipinski definition) is 3. The maximum absolute atomic E-state index is 13.5. The second-order valence-corrected chi connectivity index (χ2v) is 8.47. The summed E-state index contributed by atoms with van der Waals surface area (Å²) in [6.07, 6.45) is 3.74. The number of nitrogens with one attached hydrogen (secondary N) is 1. The van der Waals surface area contributed by atoms with Gasteiger partial charge in [-0.05, 0) is 48.9 Å².